The molecule has 3 aromatic heterocycles. The van der Waals surface area contributed by atoms with Crippen molar-refractivity contribution >= 4 is 23.4 Å². The van der Waals surface area contributed by atoms with Gasteiger partial charge in [-0.15, -0.1) is 10.2 Å². The summed E-state index contributed by atoms with van der Waals surface area (Å²) < 4.78 is 7.45. The molecule has 7 nitrogen and oxygen atoms in total. The number of hydrogen-bond acceptors (Lipinski definition) is 6. The Hall–Kier alpha value is -3.39. The summed E-state index contributed by atoms with van der Waals surface area (Å²) >= 11 is 1.34. The van der Waals surface area contributed by atoms with Crippen LogP contribution < -0.4 is 5.32 Å². The Bertz CT molecular complexity index is 1140. The van der Waals surface area contributed by atoms with E-state index in [0.717, 1.165) is 28.1 Å². The fourth-order valence-corrected chi connectivity index (χ4v) is 3.74. The molecular formula is C22H21N5O2S. The Morgan fingerprint density at radius 3 is 2.73 bits per heavy atom. The van der Waals surface area contributed by atoms with Crippen LogP contribution in [0.1, 0.15) is 16.9 Å². The number of carbonyl (C=O) groups excluding carboxylic acids is 1. The van der Waals surface area contributed by atoms with Crippen LogP contribution >= 0.6 is 11.8 Å². The van der Waals surface area contributed by atoms with Gasteiger partial charge in [-0.1, -0.05) is 23.9 Å². The third kappa shape index (κ3) is 4.60. The van der Waals surface area contributed by atoms with Crippen LogP contribution in [0.15, 0.2) is 70.7 Å². The van der Waals surface area contributed by atoms with Gasteiger partial charge in [-0.3, -0.25) is 14.3 Å². The molecule has 3 heterocycles. The number of nitrogens with one attached hydrogen (secondary N) is 1. The SMILES string of the molecule is Cc1ccc(C)c(NC(=O)CSc2nnc(-c3ccncc3)n2Cc2ccco2)c1. The third-order valence-electron chi connectivity index (χ3n) is 4.55. The summed E-state index contributed by atoms with van der Waals surface area (Å²) in [6.07, 6.45) is 5.06. The number of amides is 1. The van der Waals surface area contributed by atoms with Crippen molar-refractivity contribution in [2.75, 3.05) is 11.1 Å². The second-order valence-electron chi connectivity index (χ2n) is 6.86. The van der Waals surface area contributed by atoms with Crippen LogP contribution in [0.4, 0.5) is 5.69 Å². The largest absolute Gasteiger partial charge is 0.467 e. The summed E-state index contributed by atoms with van der Waals surface area (Å²) in [6.45, 7) is 4.45. The van der Waals surface area contributed by atoms with E-state index in [2.05, 4.69) is 20.5 Å². The summed E-state index contributed by atoms with van der Waals surface area (Å²) in [5.41, 5.74) is 3.86. The van der Waals surface area contributed by atoms with E-state index in [1.54, 1.807) is 18.7 Å². The minimum Gasteiger partial charge on any atom is -0.467 e. The molecule has 1 aromatic carbocycles. The van der Waals surface area contributed by atoms with Gasteiger partial charge < -0.3 is 9.73 Å². The van der Waals surface area contributed by atoms with E-state index in [1.165, 1.54) is 11.8 Å². The fraction of sp³-hybridized carbons (Fsp3) is 0.182. The number of carbonyl (C=O) groups is 1. The van der Waals surface area contributed by atoms with E-state index in [1.807, 2.05) is 60.9 Å². The number of nitrogens with zero attached hydrogens (tertiary/aromatic N) is 4. The Morgan fingerprint density at radius 1 is 1.13 bits per heavy atom. The summed E-state index contributed by atoms with van der Waals surface area (Å²) in [6, 6.07) is 13.5. The average Bonchev–Trinajstić information content (AvgIpc) is 3.40. The van der Waals surface area contributed by atoms with E-state index >= 15 is 0 Å². The molecule has 0 fully saturated rings. The molecule has 0 aliphatic heterocycles. The molecule has 0 unspecified atom stereocenters. The highest BCUT2D eigenvalue weighted by molar-refractivity contribution is 7.99. The summed E-state index contributed by atoms with van der Waals surface area (Å²) in [7, 11) is 0. The van der Waals surface area contributed by atoms with E-state index in [-0.39, 0.29) is 11.7 Å². The summed E-state index contributed by atoms with van der Waals surface area (Å²) in [5, 5.41) is 12.3. The fourth-order valence-electron chi connectivity index (χ4n) is 3.00. The van der Waals surface area contributed by atoms with Gasteiger partial charge in [0, 0.05) is 23.6 Å². The maximum atomic E-state index is 12.5. The molecule has 0 radical (unpaired) electrons. The van der Waals surface area contributed by atoms with Crippen molar-refractivity contribution in [3.8, 4) is 11.4 Å². The van der Waals surface area contributed by atoms with Crippen molar-refractivity contribution in [2.24, 2.45) is 0 Å². The number of thioether (sulfide) groups is 1. The second-order valence-corrected chi connectivity index (χ2v) is 7.81. The van der Waals surface area contributed by atoms with E-state index in [0.29, 0.717) is 17.5 Å². The highest BCUT2D eigenvalue weighted by Crippen LogP contribution is 2.25. The Kier molecular flexibility index (Phi) is 5.94. The topological polar surface area (TPSA) is 85.8 Å². The lowest BCUT2D eigenvalue weighted by Crippen LogP contribution is -2.15. The molecule has 0 atom stereocenters. The molecule has 0 saturated carbocycles. The number of anilines is 1. The standard InChI is InChI=1S/C22H21N5O2S/c1-15-5-6-16(2)19(12-15)24-20(28)14-30-22-26-25-21(17-7-9-23-10-8-17)27(22)13-18-4-3-11-29-18/h3-12H,13-14H2,1-2H3,(H,24,28). The predicted molar refractivity (Wildman–Crippen MR) is 116 cm³/mol. The molecule has 4 aromatic rings. The molecule has 0 aliphatic carbocycles. The zero-order valence-corrected chi connectivity index (χ0v) is 17.5. The minimum absolute atomic E-state index is 0.0910. The number of pyridine rings is 1. The first-order chi connectivity index (χ1) is 14.6. The summed E-state index contributed by atoms with van der Waals surface area (Å²) in [4.78, 5) is 16.6. The van der Waals surface area contributed by atoms with Gasteiger partial charge in [-0.05, 0) is 55.3 Å². The number of aryl methyl sites for hydroxylation is 2. The Morgan fingerprint density at radius 2 is 1.97 bits per heavy atom. The Balaban J connectivity index is 1.52. The lowest BCUT2D eigenvalue weighted by molar-refractivity contribution is -0.113. The minimum atomic E-state index is -0.0910. The van der Waals surface area contributed by atoms with Gasteiger partial charge in [0.15, 0.2) is 11.0 Å². The van der Waals surface area contributed by atoms with Gasteiger partial charge in [0.2, 0.25) is 5.91 Å². The van der Waals surface area contributed by atoms with Gasteiger partial charge in [0.1, 0.15) is 5.76 Å². The maximum Gasteiger partial charge on any atom is 0.234 e. The number of hydrogen-bond donors (Lipinski definition) is 1. The normalized spacial score (nSPS) is 10.9. The van der Waals surface area contributed by atoms with Crippen molar-refractivity contribution in [3.63, 3.8) is 0 Å². The van der Waals surface area contributed by atoms with Gasteiger partial charge in [-0.2, -0.15) is 0 Å². The molecule has 0 bridgehead atoms. The molecule has 1 N–H and O–H groups in total. The van der Waals surface area contributed by atoms with Gasteiger partial charge in [0.05, 0.1) is 18.6 Å². The van der Waals surface area contributed by atoms with Gasteiger partial charge in [-0.25, -0.2) is 0 Å². The predicted octanol–water partition coefficient (Wildman–Crippen LogP) is 4.33. The van der Waals surface area contributed by atoms with Crippen LogP contribution in [0.5, 0.6) is 0 Å². The smallest absolute Gasteiger partial charge is 0.234 e. The van der Waals surface area contributed by atoms with E-state index in [9.17, 15) is 4.79 Å². The lowest BCUT2D eigenvalue weighted by Gasteiger charge is -2.10. The van der Waals surface area contributed by atoms with Crippen LogP contribution in [0.25, 0.3) is 11.4 Å². The van der Waals surface area contributed by atoms with Crippen molar-refractivity contribution in [2.45, 2.75) is 25.5 Å². The number of benzene rings is 1. The highest BCUT2D eigenvalue weighted by Gasteiger charge is 2.17. The van der Waals surface area contributed by atoms with Crippen LogP contribution in [-0.4, -0.2) is 31.4 Å². The molecule has 8 heteroatoms. The zero-order chi connectivity index (χ0) is 20.9. The van der Waals surface area contributed by atoms with Crippen LogP contribution in [0, 0.1) is 13.8 Å². The monoisotopic (exact) mass is 419 g/mol. The van der Waals surface area contributed by atoms with Crippen molar-refractivity contribution < 1.29 is 9.21 Å². The molecule has 0 spiro atoms. The van der Waals surface area contributed by atoms with Crippen molar-refractivity contribution in [3.05, 3.63) is 78.0 Å². The summed E-state index contributed by atoms with van der Waals surface area (Å²) in [5.74, 6) is 1.62. The Labute approximate surface area is 178 Å². The quantitative estimate of drug-likeness (QED) is 0.449. The molecule has 0 saturated heterocycles. The van der Waals surface area contributed by atoms with Gasteiger partial charge >= 0.3 is 0 Å². The van der Waals surface area contributed by atoms with Crippen LogP contribution in [-0.2, 0) is 11.3 Å². The molecule has 30 heavy (non-hydrogen) atoms. The third-order valence-corrected chi connectivity index (χ3v) is 5.52. The zero-order valence-electron chi connectivity index (χ0n) is 16.7. The number of rotatable bonds is 7. The lowest BCUT2D eigenvalue weighted by atomic mass is 10.1. The molecule has 1 amide bonds. The van der Waals surface area contributed by atoms with Crippen molar-refractivity contribution in [1.29, 1.82) is 0 Å². The van der Waals surface area contributed by atoms with E-state index in [4.69, 9.17) is 4.42 Å². The molecule has 4 rings (SSSR count). The second kappa shape index (κ2) is 8.96. The van der Waals surface area contributed by atoms with Crippen LogP contribution in [0.2, 0.25) is 0 Å². The highest BCUT2D eigenvalue weighted by atomic mass is 32.2. The molecule has 0 aliphatic rings. The molecular weight excluding hydrogens is 398 g/mol. The van der Waals surface area contributed by atoms with Gasteiger partial charge in [0.25, 0.3) is 0 Å². The first-order valence-electron chi connectivity index (χ1n) is 9.46. The maximum absolute atomic E-state index is 12.5. The van der Waals surface area contributed by atoms with Crippen molar-refractivity contribution in [1.82, 2.24) is 19.7 Å². The number of furan rings is 1. The first-order valence-corrected chi connectivity index (χ1v) is 10.4. The van der Waals surface area contributed by atoms with E-state index < -0.39 is 0 Å². The first kappa shape index (κ1) is 19.9. The number of aromatic nitrogens is 4. The average molecular weight is 420 g/mol. The van der Waals surface area contributed by atoms with Crippen LogP contribution in [0.3, 0.4) is 0 Å². The molecule has 152 valence electrons.